The van der Waals surface area contributed by atoms with Gasteiger partial charge in [0.15, 0.2) is 6.61 Å². The molecule has 0 unspecified atom stereocenters. The highest BCUT2D eigenvalue weighted by Gasteiger charge is 2.10. The molecule has 0 radical (unpaired) electrons. The Bertz CT molecular complexity index is 1020. The van der Waals surface area contributed by atoms with Crippen LogP contribution >= 0.6 is 15.9 Å². The van der Waals surface area contributed by atoms with Crippen LogP contribution in [0.1, 0.15) is 15.9 Å². The molecule has 0 N–H and O–H groups in total. The Morgan fingerprint density at radius 1 is 0.806 bits per heavy atom. The van der Waals surface area contributed by atoms with Gasteiger partial charge in [0.2, 0.25) is 0 Å². The summed E-state index contributed by atoms with van der Waals surface area (Å²) < 4.78 is 22.3. The van der Waals surface area contributed by atoms with Gasteiger partial charge in [-0.1, -0.05) is 34.1 Å². The van der Waals surface area contributed by atoms with Crippen LogP contribution in [0.2, 0.25) is 0 Å². The van der Waals surface area contributed by atoms with Crippen LogP contribution in [0, 0.1) is 6.92 Å². The van der Waals surface area contributed by atoms with Crippen molar-refractivity contribution in [2.45, 2.75) is 6.92 Å². The first-order valence-electron chi connectivity index (χ1n) is 9.56. The average Bonchev–Trinajstić information content (AvgIpc) is 2.78. The first kappa shape index (κ1) is 22.4. The van der Waals surface area contributed by atoms with Crippen molar-refractivity contribution in [3.63, 3.8) is 0 Å². The average molecular weight is 485 g/mol. The van der Waals surface area contributed by atoms with E-state index in [1.54, 1.807) is 6.07 Å². The van der Waals surface area contributed by atoms with Crippen molar-refractivity contribution in [3.8, 4) is 17.2 Å². The van der Waals surface area contributed by atoms with Gasteiger partial charge in [-0.2, -0.15) is 0 Å². The largest absolute Gasteiger partial charge is 0.490 e. The molecule has 0 atom stereocenters. The van der Waals surface area contributed by atoms with Gasteiger partial charge in [-0.3, -0.25) is 0 Å². The fourth-order valence-corrected chi connectivity index (χ4v) is 2.81. The Morgan fingerprint density at radius 2 is 1.52 bits per heavy atom. The van der Waals surface area contributed by atoms with Gasteiger partial charge < -0.3 is 18.9 Å². The third-order valence-electron chi connectivity index (χ3n) is 4.14. The summed E-state index contributed by atoms with van der Waals surface area (Å²) in [5.74, 6) is 0.568. The number of aryl methyl sites for hydroxylation is 1. The fraction of sp³-hybridized carbons (Fsp3) is 0.167. The monoisotopic (exact) mass is 484 g/mol. The minimum Gasteiger partial charge on any atom is -0.490 e. The molecule has 0 saturated heterocycles. The number of hydrogen-bond donors (Lipinski definition) is 0. The molecule has 3 rings (SSSR count). The minimum atomic E-state index is -0.547. The van der Waals surface area contributed by atoms with E-state index in [1.807, 2.05) is 49.4 Å². The summed E-state index contributed by atoms with van der Waals surface area (Å²) in [5.41, 5.74) is 1.35. The maximum absolute atomic E-state index is 12.1. The maximum Gasteiger partial charge on any atom is 0.349 e. The summed E-state index contributed by atoms with van der Waals surface area (Å²) in [5, 5.41) is 0. The molecule has 0 spiro atoms. The second kappa shape index (κ2) is 11.2. The lowest BCUT2D eigenvalue weighted by molar-refractivity contribution is -0.136. The number of hydrogen-bond acceptors (Lipinski definition) is 6. The Balaban J connectivity index is 1.40. The molecule has 0 bridgehead atoms. The Labute approximate surface area is 188 Å². The van der Waals surface area contributed by atoms with E-state index in [0.717, 1.165) is 10.0 Å². The molecular weight excluding hydrogens is 464 g/mol. The molecule has 3 aromatic carbocycles. The third kappa shape index (κ3) is 7.15. The Kier molecular flexibility index (Phi) is 8.06. The van der Waals surface area contributed by atoms with E-state index < -0.39 is 11.9 Å². The molecule has 0 aliphatic heterocycles. The number of halogens is 1. The topological polar surface area (TPSA) is 71.1 Å². The summed E-state index contributed by atoms with van der Waals surface area (Å²) >= 11 is 3.41. The zero-order chi connectivity index (χ0) is 22.1. The lowest BCUT2D eigenvalue weighted by atomic mass is 10.2. The van der Waals surface area contributed by atoms with E-state index in [1.165, 1.54) is 24.3 Å². The summed E-state index contributed by atoms with van der Waals surface area (Å²) in [4.78, 5) is 24.1. The predicted octanol–water partition coefficient (Wildman–Crippen LogP) is 4.98. The first-order chi connectivity index (χ1) is 15.0. The lowest BCUT2D eigenvalue weighted by Crippen LogP contribution is -2.18. The second-order valence-electron chi connectivity index (χ2n) is 6.50. The van der Waals surface area contributed by atoms with Gasteiger partial charge in [-0.05, 0) is 67.1 Å². The van der Waals surface area contributed by atoms with Crippen LogP contribution in [0.15, 0.2) is 77.3 Å². The molecule has 0 aliphatic carbocycles. The standard InChI is InChI=1S/C24H21BrO6/c1-17-15-21(11-12-22(17)25)30-16-23(26)31-20-9-7-18(8-10-20)24(27)29-14-13-28-19-5-3-2-4-6-19/h2-12,15H,13-14,16H2,1H3. The van der Waals surface area contributed by atoms with Gasteiger partial charge in [0.05, 0.1) is 5.56 Å². The lowest BCUT2D eigenvalue weighted by Gasteiger charge is -2.09. The molecule has 6 nitrogen and oxygen atoms in total. The van der Waals surface area contributed by atoms with Gasteiger partial charge >= 0.3 is 11.9 Å². The highest BCUT2D eigenvalue weighted by molar-refractivity contribution is 9.10. The number of carbonyl (C=O) groups excluding carboxylic acids is 2. The SMILES string of the molecule is Cc1cc(OCC(=O)Oc2ccc(C(=O)OCCOc3ccccc3)cc2)ccc1Br. The summed E-state index contributed by atoms with van der Waals surface area (Å²) in [6.07, 6.45) is 0. The van der Waals surface area contributed by atoms with Gasteiger partial charge in [0.1, 0.15) is 30.5 Å². The predicted molar refractivity (Wildman–Crippen MR) is 119 cm³/mol. The van der Waals surface area contributed by atoms with Crippen molar-refractivity contribution in [3.05, 3.63) is 88.4 Å². The maximum atomic E-state index is 12.1. The van der Waals surface area contributed by atoms with Gasteiger partial charge in [0, 0.05) is 4.47 Å². The van der Waals surface area contributed by atoms with Crippen molar-refractivity contribution in [1.29, 1.82) is 0 Å². The van der Waals surface area contributed by atoms with Crippen molar-refractivity contribution in [1.82, 2.24) is 0 Å². The quantitative estimate of drug-likeness (QED) is 0.242. The summed E-state index contributed by atoms with van der Waals surface area (Å²) in [6, 6.07) is 20.8. The van der Waals surface area contributed by atoms with Crippen LogP contribution < -0.4 is 14.2 Å². The number of carbonyl (C=O) groups is 2. The van der Waals surface area contributed by atoms with E-state index >= 15 is 0 Å². The Morgan fingerprint density at radius 3 is 2.23 bits per heavy atom. The van der Waals surface area contributed by atoms with Crippen molar-refractivity contribution in [2.24, 2.45) is 0 Å². The third-order valence-corrected chi connectivity index (χ3v) is 5.03. The highest BCUT2D eigenvalue weighted by Crippen LogP contribution is 2.21. The molecular formula is C24H21BrO6. The highest BCUT2D eigenvalue weighted by atomic mass is 79.9. The van der Waals surface area contributed by atoms with Gasteiger partial charge in [-0.25, -0.2) is 9.59 Å². The van der Waals surface area contributed by atoms with Crippen molar-refractivity contribution < 1.29 is 28.5 Å². The Hall–Kier alpha value is -3.32. The molecule has 0 aliphatic rings. The van der Waals surface area contributed by atoms with Gasteiger partial charge in [-0.15, -0.1) is 0 Å². The number of esters is 2. The van der Waals surface area contributed by atoms with E-state index in [2.05, 4.69) is 15.9 Å². The van der Waals surface area contributed by atoms with E-state index in [0.29, 0.717) is 22.8 Å². The van der Waals surface area contributed by atoms with Crippen LogP contribution in [0.25, 0.3) is 0 Å². The van der Waals surface area contributed by atoms with E-state index in [-0.39, 0.29) is 19.8 Å². The molecule has 31 heavy (non-hydrogen) atoms. The van der Waals surface area contributed by atoms with E-state index in [4.69, 9.17) is 18.9 Å². The second-order valence-corrected chi connectivity index (χ2v) is 7.35. The van der Waals surface area contributed by atoms with Crippen LogP contribution in [0.5, 0.6) is 17.2 Å². The smallest absolute Gasteiger partial charge is 0.349 e. The molecule has 0 saturated carbocycles. The molecule has 160 valence electrons. The molecule has 7 heteroatoms. The van der Waals surface area contributed by atoms with Crippen molar-refractivity contribution in [2.75, 3.05) is 19.8 Å². The number of ether oxygens (including phenoxy) is 4. The van der Waals surface area contributed by atoms with Crippen LogP contribution in [-0.2, 0) is 9.53 Å². The van der Waals surface area contributed by atoms with Crippen molar-refractivity contribution >= 4 is 27.9 Å². The zero-order valence-electron chi connectivity index (χ0n) is 16.9. The number of benzene rings is 3. The van der Waals surface area contributed by atoms with Crippen LogP contribution in [0.4, 0.5) is 0 Å². The molecule has 0 heterocycles. The summed E-state index contributed by atoms with van der Waals surface area (Å²) in [6.45, 7) is 2.07. The van der Waals surface area contributed by atoms with Gasteiger partial charge in [0.25, 0.3) is 0 Å². The summed E-state index contributed by atoms with van der Waals surface area (Å²) in [7, 11) is 0. The number of para-hydroxylation sites is 1. The number of rotatable bonds is 9. The van der Waals surface area contributed by atoms with Crippen LogP contribution in [-0.4, -0.2) is 31.8 Å². The zero-order valence-corrected chi connectivity index (χ0v) is 18.5. The fourth-order valence-electron chi connectivity index (χ4n) is 2.56. The normalized spacial score (nSPS) is 10.3. The molecule has 0 amide bonds. The molecule has 0 aromatic heterocycles. The van der Waals surface area contributed by atoms with Crippen LogP contribution in [0.3, 0.4) is 0 Å². The minimum absolute atomic E-state index is 0.122. The van der Waals surface area contributed by atoms with E-state index in [9.17, 15) is 9.59 Å². The first-order valence-corrected chi connectivity index (χ1v) is 10.4. The molecule has 0 fully saturated rings. The molecule has 3 aromatic rings.